The number of hydrogen-bond acceptors (Lipinski definition) is 4. The Bertz CT molecular complexity index is 901. The number of amides is 1. The summed E-state index contributed by atoms with van der Waals surface area (Å²) < 4.78 is 28.3. The van der Waals surface area contributed by atoms with E-state index < -0.39 is 10.0 Å². The Morgan fingerprint density at radius 3 is 2.44 bits per heavy atom. The summed E-state index contributed by atoms with van der Waals surface area (Å²) in [5.74, 6) is -0.237. The van der Waals surface area contributed by atoms with Crippen LogP contribution in [0.5, 0.6) is 0 Å². The first-order chi connectivity index (χ1) is 12.3. The third-order valence-electron chi connectivity index (χ3n) is 4.08. The number of rotatable bonds is 7. The van der Waals surface area contributed by atoms with Crippen molar-refractivity contribution in [2.75, 3.05) is 31.9 Å². The maximum absolute atomic E-state index is 12.8. The van der Waals surface area contributed by atoms with Gasteiger partial charge in [-0.05, 0) is 50.2 Å². The first-order valence-corrected chi connectivity index (χ1v) is 9.83. The van der Waals surface area contributed by atoms with Gasteiger partial charge in [0.15, 0.2) is 0 Å². The highest BCUT2D eigenvalue weighted by molar-refractivity contribution is 7.92. The first-order valence-electron chi connectivity index (χ1n) is 8.35. The quantitative estimate of drug-likeness (QED) is 0.734. The zero-order valence-electron chi connectivity index (χ0n) is 15.9. The third kappa shape index (κ3) is 5.69. The lowest BCUT2D eigenvalue weighted by atomic mass is 10.1. The molecule has 0 unspecified atom stereocenters. The number of likely N-dealkylation sites (N-methyl/N-ethyl adjacent to an activating group) is 2. The van der Waals surface area contributed by atoms with E-state index in [1.165, 1.54) is 0 Å². The molecule has 0 aromatic heterocycles. The van der Waals surface area contributed by atoms with E-state index in [-0.39, 0.29) is 28.9 Å². The van der Waals surface area contributed by atoms with Crippen molar-refractivity contribution in [1.29, 1.82) is 0 Å². The van der Waals surface area contributed by atoms with E-state index in [1.807, 2.05) is 20.0 Å². The van der Waals surface area contributed by atoms with Crippen molar-refractivity contribution in [1.82, 2.24) is 10.2 Å². The van der Waals surface area contributed by atoms with Crippen LogP contribution in [-0.4, -0.2) is 46.4 Å². The lowest BCUT2D eigenvalue weighted by Gasteiger charge is -2.19. The highest BCUT2D eigenvalue weighted by atomic mass is 35.5. The molecule has 27 heavy (non-hydrogen) atoms. The molecule has 0 saturated carbocycles. The normalized spacial score (nSPS) is 10.8. The minimum absolute atomic E-state index is 0. The van der Waals surface area contributed by atoms with Crippen molar-refractivity contribution in [3.05, 3.63) is 59.2 Å². The number of anilines is 1. The van der Waals surface area contributed by atoms with E-state index in [4.69, 9.17) is 0 Å². The summed E-state index contributed by atoms with van der Waals surface area (Å²) in [5, 5.41) is 2.99. The summed E-state index contributed by atoms with van der Waals surface area (Å²) in [4.78, 5) is 14.4. The van der Waals surface area contributed by atoms with Gasteiger partial charge in [0.25, 0.3) is 15.9 Å². The van der Waals surface area contributed by atoms with E-state index >= 15 is 0 Å². The fraction of sp³-hybridized carbons (Fsp3) is 0.316. The molecule has 148 valence electrons. The van der Waals surface area contributed by atoms with E-state index in [1.54, 1.807) is 55.3 Å². The second-order valence-corrected chi connectivity index (χ2v) is 7.90. The van der Waals surface area contributed by atoms with Crippen molar-refractivity contribution in [2.45, 2.75) is 18.7 Å². The Labute approximate surface area is 167 Å². The van der Waals surface area contributed by atoms with Crippen LogP contribution in [0.4, 0.5) is 5.69 Å². The van der Waals surface area contributed by atoms with Crippen molar-refractivity contribution in [3.63, 3.8) is 0 Å². The Morgan fingerprint density at radius 1 is 1.11 bits per heavy atom. The number of benzene rings is 2. The topological polar surface area (TPSA) is 78.5 Å². The zero-order chi connectivity index (χ0) is 19.3. The minimum atomic E-state index is -3.80. The molecule has 0 aliphatic carbocycles. The predicted octanol–water partition coefficient (Wildman–Crippen LogP) is 2.82. The van der Waals surface area contributed by atoms with Gasteiger partial charge in [0.05, 0.1) is 16.1 Å². The van der Waals surface area contributed by atoms with Gasteiger partial charge in [-0.1, -0.05) is 24.3 Å². The number of para-hydroxylation sites is 1. The highest BCUT2D eigenvalue weighted by Crippen LogP contribution is 2.23. The molecule has 0 atom stereocenters. The third-order valence-corrected chi connectivity index (χ3v) is 5.59. The summed E-state index contributed by atoms with van der Waals surface area (Å²) in [7, 11) is -0.298. The van der Waals surface area contributed by atoms with Crippen molar-refractivity contribution >= 4 is 34.0 Å². The number of hydrogen-bond donors (Lipinski definition) is 2. The number of aryl methyl sites for hydroxylation is 2. The lowest BCUT2D eigenvalue weighted by Crippen LogP contribution is -2.33. The maximum atomic E-state index is 12.8. The van der Waals surface area contributed by atoms with Crippen LogP contribution in [0.1, 0.15) is 21.5 Å². The molecule has 2 N–H and O–H groups in total. The van der Waals surface area contributed by atoms with Crippen LogP contribution in [-0.2, 0) is 10.0 Å². The first kappa shape index (κ1) is 23.0. The molecule has 2 rings (SSSR count). The van der Waals surface area contributed by atoms with E-state index in [0.29, 0.717) is 24.2 Å². The van der Waals surface area contributed by atoms with Crippen LogP contribution in [0.25, 0.3) is 0 Å². The highest BCUT2D eigenvalue weighted by Gasteiger charge is 2.21. The molecule has 0 fully saturated rings. The van der Waals surface area contributed by atoms with Gasteiger partial charge in [0, 0.05) is 20.1 Å². The average molecular weight is 412 g/mol. The second kappa shape index (κ2) is 9.73. The fourth-order valence-electron chi connectivity index (χ4n) is 2.54. The molecule has 6 nitrogen and oxygen atoms in total. The molecule has 8 heteroatoms. The van der Waals surface area contributed by atoms with Gasteiger partial charge in [0.2, 0.25) is 0 Å². The average Bonchev–Trinajstić information content (AvgIpc) is 2.61. The van der Waals surface area contributed by atoms with Crippen LogP contribution < -0.4 is 10.0 Å². The zero-order valence-corrected chi connectivity index (χ0v) is 17.6. The van der Waals surface area contributed by atoms with Crippen LogP contribution >= 0.6 is 12.4 Å². The van der Waals surface area contributed by atoms with Crippen LogP contribution in [0.2, 0.25) is 0 Å². The van der Waals surface area contributed by atoms with E-state index in [9.17, 15) is 13.2 Å². The summed E-state index contributed by atoms with van der Waals surface area (Å²) in [5.41, 5.74) is 2.10. The molecular weight excluding hydrogens is 386 g/mol. The van der Waals surface area contributed by atoms with E-state index in [2.05, 4.69) is 10.0 Å². The summed E-state index contributed by atoms with van der Waals surface area (Å²) in [6.07, 6.45) is 0. The molecule has 0 aliphatic rings. The predicted molar refractivity (Wildman–Crippen MR) is 111 cm³/mol. The molecule has 2 aromatic rings. The smallest absolute Gasteiger partial charge is 0.262 e. The molecule has 0 heterocycles. The Balaban J connectivity index is 0.00000364. The molecule has 0 bridgehead atoms. The number of nitrogens with one attached hydrogen (secondary N) is 2. The monoisotopic (exact) mass is 411 g/mol. The molecule has 0 spiro atoms. The number of carbonyl (C=O) groups is 1. The van der Waals surface area contributed by atoms with Crippen molar-refractivity contribution in [3.8, 4) is 0 Å². The number of halogens is 1. The minimum Gasteiger partial charge on any atom is -0.340 e. The molecule has 0 saturated heterocycles. The van der Waals surface area contributed by atoms with Gasteiger partial charge < -0.3 is 10.2 Å². The number of carbonyl (C=O) groups excluding carboxylic acids is 1. The van der Waals surface area contributed by atoms with E-state index in [0.717, 1.165) is 5.56 Å². The molecule has 0 radical (unpaired) electrons. The SMILES string of the molecule is CNCCN(C)C(=O)c1ccccc1NS(=O)(=O)c1cc(C)ccc1C.Cl. The lowest BCUT2D eigenvalue weighted by molar-refractivity contribution is 0.0798. The van der Waals surface area contributed by atoms with Gasteiger partial charge in [-0.15, -0.1) is 12.4 Å². The number of sulfonamides is 1. The van der Waals surface area contributed by atoms with Crippen LogP contribution in [0.15, 0.2) is 47.4 Å². The van der Waals surface area contributed by atoms with Gasteiger partial charge >= 0.3 is 0 Å². The molecule has 1 amide bonds. The Morgan fingerprint density at radius 2 is 1.78 bits per heavy atom. The van der Waals surface area contributed by atoms with Crippen molar-refractivity contribution in [2.24, 2.45) is 0 Å². The summed E-state index contributed by atoms with van der Waals surface area (Å²) in [6, 6.07) is 11.9. The molecule has 0 aliphatic heterocycles. The summed E-state index contributed by atoms with van der Waals surface area (Å²) >= 11 is 0. The fourth-order valence-corrected chi connectivity index (χ4v) is 3.95. The summed E-state index contributed by atoms with van der Waals surface area (Å²) in [6.45, 7) is 4.76. The van der Waals surface area contributed by atoms with Crippen molar-refractivity contribution < 1.29 is 13.2 Å². The number of nitrogens with zero attached hydrogens (tertiary/aromatic N) is 1. The second-order valence-electron chi connectivity index (χ2n) is 6.25. The van der Waals surface area contributed by atoms with Gasteiger partial charge in [-0.3, -0.25) is 9.52 Å². The molecular formula is C19H26ClN3O3S. The van der Waals surface area contributed by atoms with Gasteiger partial charge in [-0.2, -0.15) is 0 Å². The largest absolute Gasteiger partial charge is 0.340 e. The van der Waals surface area contributed by atoms with Gasteiger partial charge in [0.1, 0.15) is 0 Å². The Hall–Kier alpha value is -2.09. The van der Waals surface area contributed by atoms with Crippen LogP contribution in [0.3, 0.4) is 0 Å². The standard InChI is InChI=1S/C19H25N3O3S.ClH/c1-14-9-10-15(2)18(13-14)26(24,25)21-17-8-6-5-7-16(17)19(23)22(4)12-11-20-3;/h5-10,13,20-21H,11-12H2,1-4H3;1H. The maximum Gasteiger partial charge on any atom is 0.262 e. The Kier molecular flexibility index (Phi) is 8.27. The van der Waals surface area contributed by atoms with Gasteiger partial charge in [-0.25, -0.2) is 8.42 Å². The van der Waals surface area contributed by atoms with Crippen LogP contribution in [0, 0.1) is 13.8 Å². The molecule has 2 aromatic carbocycles.